The largest absolute Gasteiger partial charge is 0.463 e. The number of carbonyl (C=O) groups is 2. The number of anilines is 1. The van der Waals surface area contributed by atoms with Crippen LogP contribution in [0, 0.1) is 5.92 Å². The normalized spacial score (nSPS) is 19.8. The smallest absolute Gasteiger partial charge is 0.338 e. The van der Waals surface area contributed by atoms with Gasteiger partial charge in [0, 0.05) is 0 Å². The van der Waals surface area contributed by atoms with E-state index in [-0.39, 0.29) is 24.9 Å². The Kier molecular flexibility index (Phi) is 7.04. The van der Waals surface area contributed by atoms with Gasteiger partial charge in [-0.3, -0.25) is 14.2 Å². The first kappa shape index (κ1) is 26.7. The molecule has 210 valence electrons. The maximum Gasteiger partial charge on any atom is 0.338 e. The van der Waals surface area contributed by atoms with E-state index in [1.54, 1.807) is 32.1 Å². The van der Waals surface area contributed by atoms with Crippen LogP contribution in [0.15, 0.2) is 74.7 Å². The molecule has 41 heavy (non-hydrogen) atoms. The SMILES string of the molecule is CCCC1=C(C(=O)OCC)[C@H](c2ccc3c(c2)OCO3)n2c(s/c(=C/[C@H]3C(=O)N(c4ccccc4)N=C3C)c2=O)=N1. The molecule has 0 bridgehead atoms. The number of nitrogens with zero attached hydrogens (tertiary/aromatic N) is 4. The zero-order chi connectivity index (χ0) is 28.7. The molecule has 3 aliphatic rings. The second-order valence-corrected chi connectivity index (χ2v) is 10.8. The highest BCUT2D eigenvalue weighted by Gasteiger charge is 2.37. The van der Waals surface area contributed by atoms with Gasteiger partial charge in [0.1, 0.15) is 5.92 Å². The van der Waals surface area contributed by atoms with E-state index in [1.807, 2.05) is 43.3 Å². The molecule has 0 spiro atoms. The third kappa shape index (κ3) is 4.65. The maximum atomic E-state index is 14.1. The summed E-state index contributed by atoms with van der Waals surface area (Å²) in [6.07, 6.45) is 2.92. The van der Waals surface area contributed by atoms with Crippen LogP contribution in [0.25, 0.3) is 6.08 Å². The first-order valence-corrected chi connectivity index (χ1v) is 14.3. The van der Waals surface area contributed by atoms with Crippen molar-refractivity contribution < 1.29 is 23.8 Å². The molecule has 0 saturated heterocycles. The van der Waals surface area contributed by atoms with Gasteiger partial charge in [0.05, 0.1) is 39.9 Å². The second kappa shape index (κ2) is 10.8. The van der Waals surface area contributed by atoms with Crippen LogP contribution in [-0.2, 0) is 14.3 Å². The minimum atomic E-state index is -0.793. The summed E-state index contributed by atoms with van der Waals surface area (Å²) < 4.78 is 18.4. The fourth-order valence-corrected chi connectivity index (χ4v) is 6.24. The molecule has 3 aromatic rings. The molecule has 3 aliphatic heterocycles. The van der Waals surface area contributed by atoms with E-state index in [0.29, 0.717) is 55.5 Å². The summed E-state index contributed by atoms with van der Waals surface area (Å²) in [6, 6.07) is 13.7. The number of esters is 1. The number of aromatic nitrogens is 1. The van der Waals surface area contributed by atoms with Gasteiger partial charge < -0.3 is 14.2 Å². The highest BCUT2D eigenvalue weighted by molar-refractivity contribution is 7.07. The number of allylic oxidation sites excluding steroid dienone is 1. The number of para-hydroxylation sites is 1. The fraction of sp³-hybridized carbons (Fsp3) is 0.300. The number of hydrogen-bond donors (Lipinski definition) is 0. The molecule has 1 aromatic heterocycles. The van der Waals surface area contributed by atoms with Crippen LogP contribution in [0.5, 0.6) is 11.5 Å². The van der Waals surface area contributed by atoms with Crippen molar-refractivity contribution in [3.8, 4) is 11.5 Å². The van der Waals surface area contributed by atoms with Gasteiger partial charge in [-0.15, -0.1) is 0 Å². The molecular weight excluding hydrogens is 544 g/mol. The number of hydrazone groups is 1. The minimum Gasteiger partial charge on any atom is -0.463 e. The van der Waals surface area contributed by atoms with E-state index in [9.17, 15) is 14.4 Å². The average Bonchev–Trinajstić information content (AvgIpc) is 3.65. The predicted octanol–water partition coefficient (Wildman–Crippen LogP) is 3.30. The van der Waals surface area contributed by atoms with Crippen LogP contribution >= 0.6 is 11.3 Å². The summed E-state index contributed by atoms with van der Waals surface area (Å²) in [5.74, 6) is -0.351. The van der Waals surface area contributed by atoms with E-state index in [0.717, 1.165) is 6.42 Å². The van der Waals surface area contributed by atoms with Crippen LogP contribution in [-0.4, -0.2) is 35.6 Å². The Morgan fingerprint density at radius 1 is 1.12 bits per heavy atom. The maximum absolute atomic E-state index is 14.1. The summed E-state index contributed by atoms with van der Waals surface area (Å²) in [6.45, 7) is 5.79. The number of thiazole rings is 1. The third-order valence-electron chi connectivity index (χ3n) is 7.11. The molecule has 0 N–H and O–H groups in total. The molecular formula is C30H28N4O6S. The van der Waals surface area contributed by atoms with Crippen molar-refractivity contribution in [2.45, 2.75) is 39.7 Å². The molecule has 10 nitrogen and oxygen atoms in total. The molecule has 2 aromatic carbocycles. The van der Waals surface area contributed by atoms with Crippen molar-refractivity contribution in [3.05, 3.63) is 85.1 Å². The van der Waals surface area contributed by atoms with Crippen molar-refractivity contribution >= 4 is 40.7 Å². The van der Waals surface area contributed by atoms with Gasteiger partial charge in [0.2, 0.25) is 6.79 Å². The number of ether oxygens (including phenoxy) is 3. The van der Waals surface area contributed by atoms with E-state index < -0.39 is 17.9 Å². The van der Waals surface area contributed by atoms with Gasteiger partial charge in [-0.2, -0.15) is 10.1 Å². The molecule has 0 unspecified atom stereocenters. The lowest BCUT2D eigenvalue weighted by atomic mass is 9.94. The summed E-state index contributed by atoms with van der Waals surface area (Å²) in [7, 11) is 0. The van der Waals surface area contributed by atoms with Crippen LogP contribution < -0.4 is 29.4 Å². The molecule has 11 heteroatoms. The topological polar surface area (TPSA) is 112 Å². The van der Waals surface area contributed by atoms with Gasteiger partial charge >= 0.3 is 5.97 Å². The highest BCUT2D eigenvalue weighted by Crippen LogP contribution is 2.39. The molecule has 4 heterocycles. The zero-order valence-electron chi connectivity index (χ0n) is 22.8. The number of carbonyl (C=O) groups excluding carboxylic acids is 2. The van der Waals surface area contributed by atoms with Gasteiger partial charge in [0.15, 0.2) is 16.3 Å². The van der Waals surface area contributed by atoms with Crippen molar-refractivity contribution in [3.63, 3.8) is 0 Å². The Balaban J connectivity index is 1.50. The predicted molar refractivity (Wildman–Crippen MR) is 154 cm³/mol. The summed E-state index contributed by atoms with van der Waals surface area (Å²) >= 11 is 1.19. The Labute approximate surface area is 239 Å². The van der Waals surface area contributed by atoms with Crippen molar-refractivity contribution in [2.24, 2.45) is 16.0 Å². The molecule has 0 saturated carbocycles. The van der Waals surface area contributed by atoms with Gasteiger partial charge in [-0.1, -0.05) is 48.9 Å². The zero-order valence-corrected chi connectivity index (χ0v) is 23.6. The van der Waals surface area contributed by atoms with E-state index in [1.165, 1.54) is 20.9 Å². The van der Waals surface area contributed by atoms with Crippen molar-refractivity contribution in [1.29, 1.82) is 0 Å². The van der Waals surface area contributed by atoms with Gasteiger partial charge in [-0.25, -0.2) is 9.79 Å². The van der Waals surface area contributed by atoms with E-state index >= 15 is 0 Å². The van der Waals surface area contributed by atoms with Gasteiger partial charge in [0.25, 0.3) is 11.5 Å². The molecule has 6 rings (SSSR count). The highest BCUT2D eigenvalue weighted by atomic mass is 32.1. The second-order valence-electron chi connectivity index (χ2n) is 9.75. The molecule has 0 aliphatic carbocycles. The quantitative estimate of drug-likeness (QED) is 0.402. The number of fused-ring (bicyclic) bond motifs is 2. The third-order valence-corrected chi connectivity index (χ3v) is 8.11. The standard InChI is InChI=1S/C30H28N4O6S/c1-4-9-21-25(29(37)38-5-2)26(18-12-13-22-23(14-18)40-16-39-22)33-28(36)24(41-30(33)31-21)15-20-17(3)32-34(27(20)35)19-10-7-6-8-11-19/h6-8,10-15,20,26H,4-5,9,16H2,1-3H3/b24-15+/t20-,26+/m1/s1. The molecule has 2 atom stereocenters. The van der Waals surface area contributed by atoms with E-state index in [2.05, 4.69) is 5.10 Å². The van der Waals surface area contributed by atoms with Crippen LogP contribution in [0.2, 0.25) is 0 Å². The Morgan fingerprint density at radius 3 is 2.66 bits per heavy atom. The molecule has 0 fully saturated rings. The molecule has 0 radical (unpaired) electrons. The van der Waals surface area contributed by atoms with Crippen LogP contribution in [0.3, 0.4) is 0 Å². The monoisotopic (exact) mass is 572 g/mol. The minimum absolute atomic E-state index is 0.0967. The van der Waals surface area contributed by atoms with Crippen molar-refractivity contribution in [2.75, 3.05) is 18.4 Å². The van der Waals surface area contributed by atoms with Crippen molar-refractivity contribution in [1.82, 2.24) is 4.57 Å². The average molecular weight is 573 g/mol. The summed E-state index contributed by atoms with van der Waals surface area (Å²) in [5, 5.41) is 5.83. The Morgan fingerprint density at radius 2 is 1.90 bits per heavy atom. The molecule has 1 amide bonds. The van der Waals surface area contributed by atoms with Crippen LogP contribution in [0.4, 0.5) is 5.69 Å². The lowest BCUT2D eigenvalue weighted by Gasteiger charge is -2.25. The Bertz CT molecular complexity index is 1790. The number of amides is 1. The number of rotatable bonds is 7. The first-order chi connectivity index (χ1) is 19.9. The number of benzene rings is 2. The fourth-order valence-electron chi connectivity index (χ4n) is 5.21. The van der Waals surface area contributed by atoms with E-state index in [4.69, 9.17) is 19.2 Å². The van der Waals surface area contributed by atoms with Crippen LogP contribution in [0.1, 0.15) is 45.2 Å². The summed E-state index contributed by atoms with van der Waals surface area (Å²) in [5.41, 5.74) is 2.44. The lowest BCUT2D eigenvalue weighted by molar-refractivity contribution is -0.139. The summed E-state index contributed by atoms with van der Waals surface area (Å²) in [4.78, 5) is 46.0. The van der Waals surface area contributed by atoms with Gasteiger partial charge in [-0.05, 0) is 56.2 Å². The first-order valence-electron chi connectivity index (χ1n) is 13.5. The number of hydrogen-bond acceptors (Lipinski definition) is 9. The Hall–Kier alpha value is -4.51. The lowest BCUT2D eigenvalue weighted by Crippen LogP contribution is -2.40.